The zero-order chi connectivity index (χ0) is 8.97. The first-order valence-electron chi connectivity index (χ1n) is 3.79. The molecule has 3 heteroatoms. The molecule has 0 aliphatic carbocycles. The first-order chi connectivity index (χ1) is 5.79. The zero-order valence-corrected chi connectivity index (χ0v) is 8.47. The van der Waals surface area contributed by atoms with Crippen molar-refractivity contribution in [1.82, 2.24) is 0 Å². The third-order valence-corrected chi connectivity index (χ3v) is 1.90. The van der Waals surface area contributed by atoms with Crippen LogP contribution in [-0.2, 0) is 6.42 Å². The van der Waals surface area contributed by atoms with Crippen LogP contribution in [0.15, 0.2) is 18.2 Å². The Morgan fingerprint density at radius 1 is 1.50 bits per heavy atom. The van der Waals surface area contributed by atoms with Gasteiger partial charge in [0.1, 0.15) is 17.0 Å². The summed E-state index contributed by atoms with van der Waals surface area (Å²) in [6, 6.07) is 5.28. The second-order valence-electron chi connectivity index (χ2n) is 2.36. The van der Waals surface area contributed by atoms with Gasteiger partial charge in [-0.05, 0) is 34.5 Å². The number of alkyl halides is 1. The van der Waals surface area contributed by atoms with E-state index in [0.29, 0.717) is 11.3 Å². The van der Waals surface area contributed by atoms with Gasteiger partial charge in [0.05, 0.1) is 0 Å². The lowest BCUT2D eigenvalue weighted by Gasteiger charge is -2.08. The summed E-state index contributed by atoms with van der Waals surface area (Å²) in [5.74, 6) is 1.05. The average molecular weight is 231 g/mol. The van der Waals surface area contributed by atoms with Gasteiger partial charge in [-0.1, -0.05) is 13.0 Å². The van der Waals surface area contributed by atoms with Gasteiger partial charge in [-0.3, -0.25) is 0 Å². The highest BCUT2D eigenvalue weighted by Crippen LogP contribution is 2.27. The van der Waals surface area contributed by atoms with E-state index in [2.05, 4.69) is 15.9 Å². The van der Waals surface area contributed by atoms with Crippen LogP contribution in [-0.4, -0.2) is 10.6 Å². The fourth-order valence-electron chi connectivity index (χ4n) is 1.10. The van der Waals surface area contributed by atoms with E-state index in [1.54, 1.807) is 12.1 Å². The van der Waals surface area contributed by atoms with Crippen molar-refractivity contribution < 1.29 is 9.84 Å². The van der Waals surface area contributed by atoms with Crippen LogP contribution in [0, 0.1) is 0 Å². The number of hydrogen-bond acceptors (Lipinski definition) is 2. The van der Waals surface area contributed by atoms with Crippen molar-refractivity contribution in [3.8, 4) is 11.5 Å². The summed E-state index contributed by atoms with van der Waals surface area (Å²) in [5.41, 5.74) is 1.31. The molecule has 1 rings (SSSR count). The average Bonchev–Trinajstić information content (AvgIpc) is 2.05. The Bertz CT molecular complexity index is 261. The second-order valence-corrected chi connectivity index (χ2v) is 2.82. The van der Waals surface area contributed by atoms with Gasteiger partial charge in [0.2, 0.25) is 0 Å². The summed E-state index contributed by atoms with van der Waals surface area (Å²) < 4.78 is 5.27. The Balaban J connectivity index is 3.00. The van der Waals surface area contributed by atoms with Gasteiger partial charge in [-0.25, -0.2) is 0 Å². The van der Waals surface area contributed by atoms with E-state index in [1.807, 2.05) is 13.0 Å². The number of halogens is 1. The van der Waals surface area contributed by atoms with Crippen LogP contribution < -0.4 is 4.74 Å². The number of hydrogen-bond donors (Lipinski definition) is 1. The van der Waals surface area contributed by atoms with E-state index in [0.717, 1.165) is 17.7 Å². The number of phenols is 1. The highest BCUT2D eigenvalue weighted by Gasteiger charge is 2.05. The van der Waals surface area contributed by atoms with E-state index >= 15 is 0 Å². The number of phenolic OH excluding ortho intramolecular Hbond substituents is 1. The third-order valence-electron chi connectivity index (χ3n) is 1.67. The van der Waals surface area contributed by atoms with Crippen molar-refractivity contribution in [2.24, 2.45) is 0 Å². The molecule has 0 spiro atoms. The highest BCUT2D eigenvalue weighted by molar-refractivity contribution is 9.09. The van der Waals surface area contributed by atoms with Crippen molar-refractivity contribution in [2.75, 3.05) is 5.52 Å². The van der Waals surface area contributed by atoms with Crippen LogP contribution in [0.1, 0.15) is 12.5 Å². The molecular weight excluding hydrogens is 220 g/mol. The molecule has 12 heavy (non-hydrogen) atoms. The van der Waals surface area contributed by atoms with Gasteiger partial charge in [0.15, 0.2) is 0 Å². The third kappa shape index (κ3) is 1.91. The molecule has 0 atom stereocenters. The fourth-order valence-corrected chi connectivity index (χ4v) is 1.35. The summed E-state index contributed by atoms with van der Waals surface area (Å²) in [6.45, 7) is 1.98. The molecule has 0 unspecified atom stereocenters. The van der Waals surface area contributed by atoms with Crippen LogP contribution in [0.4, 0.5) is 0 Å². The molecule has 1 aromatic rings. The number of ether oxygens (including phenoxy) is 1. The van der Waals surface area contributed by atoms with Crippen LogP contribution in [0.5, 0.6) is 11.5 Å². The number of aromatic hydroxyl groups is 1. The van der Waals surface area contributed by atoms with Gasteiger partial charge in [-0.2, -0.15) is 0 Å². The van der Waals surface area contributed by atoms with Crippen LogP contribution in [0.2, 0.25) is 0 Å². The monoisotopic (exact) mass is 230 g/mol. The van der Waals surface area contributed by atoms with Crippen molar-refractivity contribution in [2.45, 2.75) is 13.3 Å². The molecule has 0 aliphatic heterocycles. The summed E-state index contributed by atoms with van der Waals surface area (Å²) in [5, 5.41) is 9.42. The summed E-state index contributed by atoms with van der Waals surface area (Å²) in [6.07, 6.45) is 0.773. The molecule has 0 aliphatic rings. The molecule has 66 valence electrons. The maximum absolute atomic E-state index is 9.42. The molecule has 0 amide bonds. The van der Waals surface area contributed by atoms with Crippen LogP contribution in [0.3, 0.4) is 0 Å². The lowest BCUT2D eigenvalue weighted by atomic mass is 10.1. The predicted octanol–water partition coefficient (Wildman–Crippen LogP) is 2.69. The molecule has 0 aromatic heterocycles. The van der Waals surface area contributed by atoms with Gasteiger partial charge in [0.25, 0.3) is 0 Å². The SMILES string of the molecule is CCc1c(O)cccc1OCBr. The molecule has 0 saturated carbocycles. The van der Waals surface area contributed by atoms with E-state index in [4.69, 9.17) is 4.74 Å². The molecule has 1 aromatic carbocycles. The van der Waals surface area contributed by atoms with Crippen molar-refractivity contribution in [3.63, 3.8) is 0 Å². The van der Waals surface area contributed by atoms with Crippen molar-refractivity contribution in [1.29, 1.82) is 0 Å². The standard InChI is InChI=1S/C9H11BrO2/c1-2-7-8(11)4-3-5-9(7)12-6-10/h3-5,11H,2,6H2,1H3. The van der Waals surface area contributed by atoms with Gasteiger partial charge < -0.3 is 9.84 Å². The largest absolute Gasteiger partial charge is 0.508 e. The Morgan fingerprint density at radius 3 is 2.83 bits per heavy atom. The molecule has 1 N–H and O–H groups in total. The van der Waals surface area contributed by atoms with E-state index < -0.39 is 0 Å². The van der Waals surface area contributed by atoms with Gasteiger partial charge in [0, 0.05) is 5.56 Å². The smallest absolute Gasteiger partial charge is 0.143 e. The van der Waals surface area contributed by atoms with Crippen LogP contribution >= 0.6 is 15.9 Å². The Labute approximate surface area is 80.3 Å². The molecule has 2 nitrogen and oxygen atoms in total. The van der Waals surface area contributed by atoms with E-state index in [-0.39, 0.29) is 0 Å². The molecule has 0 bridgehead atoms. The minimum absolute atomic E-state index is 0.302. The lowest BCUT2D eigenvalue weighted by molar-refractivity contribution is 0.386. The van der Waals surface area contributed by atoms with Gasteiger partial charge >= 0.3 is 0 Å². The predicted molar refractivity (Wildman–Crippen MR) is 51.9 cm³/mol. The first-order valence-corrected chi connectivity index (χ1v) is 4.91. The summed E-state index contributed by atoms with van der Waals surface area (Å²) >= 11 is 3.17. The van der Waals surface area contributed by atoms with Crippen molar-refractivity contribution in [3.05, 3.63) is 23.8 Å². The highest BCUT2D eigenvalue weighted by atomic mass is 79.9. The number of rotatable bonds is 3. The quantitative estimate of drug-likeness (QED) is 0.810. The zero-order valence-electron chi connectivity index (χ0n) is 6.88. The van der Waals surface area contributed by atoms with Crippen molar-refractivity contribution >= 4 is 15.9 Å². The Kier molecular flexibility index (Phi) is 3.41. The maximum Gasteiger partial charge on any atom is 0.143 e. The molecular formula is C9H11BrO2. The molecule has 0 saturated heterocycles. The van der Waals surface area contributed by atoms with E-state index in [1.165, 1.54) is 0 Å². The molecule has 0 fully saturated rings. The summed E-state index contributed by atoms with van der Waals surface area (Å²) in [4.78, 5) is 0. The topological polar surface area (TPSA) is 29.5 Å². The Morgan fingerprint density at radius 2 is 2.25 bits per heavy atom. The van der Waals surface area contributed by atoms with Gasteiger partial charge in [-0.15, -0.1) is 0 Å². The second kappa shape index (κ2) is 4.36. The Hall–Kier alpha value is -0.700. The maximum atomic E-state index is 9.42. The lowest BCUT2D eigenvalue weighted by Crippen LogP contribution is -1.93. The minimum atomic E-state index is 0.302. The molecule has 0 radical (unpaired) electrons. The normalized spacial score (nSPS) is 9.83. The number of benzene rings is 1. The van der Waals surface area contributed by atoms with Crippen LogP contribution in [0.25, 0.3) is 0 Å². The first kappa shape index (κ1) is 9.39. The summed E-state index contributed by atoms with van der Waals surface area (Å²) in [7, 11) is 0. The molecule has 0 heterocycles. The fraction of sp³-hybridized carbons (Fsp3) is 0.333. The minimum Gasteiger partial charge on any atom is -0.508 e. The van der Waals surface area contributed by atoms with E-state index in [9.17, 15) is 5.11 Å².